The van der Waals surface area contributed by atoms with Crippen molar-refractivity contribution in [2.45, 2.75) is 5.16 Å². The smallest absolute Gasteiger partial charge is 0.231 e. The van der Waals surface area contributed by atoms with E-state index in [1.54, 1.807) is 29.5 Å². The molecule has 4 rings (SSSR count). The molecule has 0 atom stereocenters. The molecule has 0 aliphatic carbocycles. The maximum atomic E-state index is 12.4. The van der Waals surface area contributed by atoms with Crippen molar-refractivity contribution < 1.29 is 14.3 Å². The molecule has 0 saturated heterocycles. The van der Waals surface area contributed by atoms with Crippen molar-refractivity contribution >= 4 is 28.9 Å². The lowest BCUT2D eigenvalue weighted by molar-refractivity contribution is 0.102. The molecule has 6 nitrogen and oxygen atoms in total. The fraction of sp³-hybridized carbons (Fsp3) is 0.188. The lowest BCUT2D eigenvalue weighted by atomic mass is 10.1. The quantitative estimate of drug-likeness (QED) is 0.515. The topological polar surface area (TPSA) is 66.2 Å². The van der Waals surface area contributed by atoms with E-state index in [2.05, 4.69) is 10.2 Å². The second-order valence-electron chi connectivity index (χ2n) is 5.12. The minimum Gasteiger partial charge on any atom is -0.454 e. The van der Waals surface area contributed by atoms with Crippen LogP contribution >= 0.6 is 23.1 Å². The average molecular weight is 359 g/mol. The fourth-order valence-electron chi connectivity index (χ4n) is 2.34. The molecule has 0 N–H and O–H groups in total. The Morgan fingerprint density at radius 1 is 1.29 bits per heavy atom. The summed E-state index contributed by atoms with van der Waals surface area (Å²) in [4.78, 5) is 13.4. The third-order valence-electron chi connectivity index (χ3n) is 3.60. The summed E-state index contributed by atoms with van der Waals surface area (Å²) in [6.07, 6.45) is 0. The second kappa shape index (κ2) is 6.29. The van der Waals surface area contributed by atoms with E-state index >= 15 is 0 Å². The molecule has 0 fully saturated rings. The summed E-state index contributed by atoms with van der Waals surface area (Å²) in [5.74, 6) is 2.40. The van der Waals surface area contributed by atoms with Crippen LogP contribution in [0.4, 0.5) is 0 Å². The molecule has 0 unspecified atom stereocenters. The van der Waals surface area contributed by atoms with Crippen LogP contribution in [0.25, 0.3) is 10.7 Å². The summed E-state index contributed by atoms with van der Waals surface area (Å²) in [7, 11) is 1.91. The first-order valence-electron chi connectivity index (χ1n) is 7.21. The molecule has 2 aromatic heterocycles. The van der Waals surface area contributed by atoms with Crippen LogP contribution in [-0.2, 0) is 7.05 Å². The Morgan fingerprint density at radius 3 is 3.00 bits per heavy atom. The Balaban J connectivity index is 1.46. The van der Waals surface area contributed by atoms with Gasteiger partial charge in [0.2, 0.25) is 6.79 Å². The average Bonchev–Trinajstić information content (AvgIpc) is 3.32. The number of Topliss-reactive ketones (excluding diaryl/α,β-unsaturated/α-hetero) is 1. The number of rotatable bonds is 5. The van der Waals surface area contributed by atoms with Crippen molar-refractivity contribution in [2.75, 3.05) is 12.5 Å². The summed E-state index contributed by atoms with van der Waals surface area (Å²) in [6.45, 7) is 0.201. The molecule has 3 aromatic rings. The van der Waals surface area contributed by atoms with Gasteiger partial charge in [-0.1, -0.05) is 17.8 Å². The van der Waals surface area contributed by atoms with E-state index in [0.717, 1.165) is 10.7 Å². The van der Waals surface area contributed by atoms with Gasteiger partial charge in [0.05, 0.1) is 10.6 Å². The van der Waals surface area contributed by atoms with E-state index in [1.165, 1.54) is 11.8 Å². The maximum Gasteiger partial charge on any atom is 0.231 e. The molecule has 1 aliphatic rings. The monoisotopic (exact) mass is 359 g/mol. The van der Waals surface area contributed by atoms with Crippen molar-refractivity contribution in [1.82, 2.24) is 14.8 Å². The zero-order chi connectivity index (χ0) is 16.5. The minimum absolute atomic E-state index is 0.0129. The van der Waals surface area contributed by atoms with Crippen molar-refractivity contribution in [3.05, 3.63) is 41.3 Å². The van der Waals surface area contributed by atoms with Gasteiger partial charge in [-0.3, -0.25) is 4.79 Å². The van der Waals surface area contributed by atoms with E-state index < -0.39 is 0 Å². The van der Waals surface area contributed by atoms with Crippen LogP contribution in [0.1, 0.15) is 10.4 Å². The van der Waals surface area contributed by atoms with Gasteiger partial charge in [0.25, 0.3) is 0 Å². The van der Waals surface area contributed by atoms with Crippen LogP contribution in [0.5, 0.6) is 11.5 Å². The van der Waals surface area contributed by atoms with Crippen molar-refractivity contribution in [2.24, 2.45) is 7.05 Å². The van der Waals surface area contributed by atoms with Crippen LogP contribution in [-0.4, -0.2) is 33.1 Å². The number of carbonyl (C=O) groups is 1. The Morgan fingerprint density at radius 2 is 2.17 bits per heavy atom. The number of ketones is 1. The second-order valence-corrected chi connectivity index (χ2v) is 7.01. The molecule has 3 heterocycles. The number of thioether (sulfide) groups is 1. The number of hydrogen-bond donors (Lipinski definition) is 0. The van der Waals surface area contributed by atoms with Gasteiger partial charge >= 0.3 is 0 Å². The minimum atomic E-state index is 0.0129. The first-order valence-corrected chi connectivity index (χ1v) is 9.08. The van der Waals surface area contributed by atoms with Gasteiger partial charge < -0.3 is 14.0 Å². The van der Waals surface area contributed by atoms with E-state index in [9.17, 15) is 4.79 Å². The third-order valence-corrected chi connectivity index (χ3v) is 5.49. The van der Waals surface area contributed by atoms with Crippen molar-refractivity contribution in [1.29, 1.82) is 0 Å². The number of hydrogen-bond acceptors (Lipinski definition) is 7. The van der Waals surface area contributed by atoms with Crippen molar-refractivity contribution in [3.8, 4) is 22.2 Å². The number of fused-ring (bicyclic) bond motifs is 1. The number of aromatic nitrogens is 3. The molecule has 0 amide bonds. The standard InChI is InChI=1S/C16H13N3O3S2/c1-19-15(14-3-2-6-23-14)17-18-16(19)24-8-11(20)10-4-5-12-13(7-10)22-9-21-12/h2-7H,8-9H2,1H3. The summed E-state index contributed by atoms with van der Waals surface area (Å²) in [5.41, 5.74) is 0.604. The number of nitrogens with zero attached hydrogens (tertiary/aromatic N) is 3. The van der Waals surface area contributed by atoms with Gasteiger partial charge in [-0.2, -0.15) is 0 Å². The highest BCUT2D eigenvalue weighted by Gasteiger charge is 2.18. The van der Waals surface area contributed by atoms with E-state index in [0.29, 0.717) is 22.2 Å². The largest absolute Gasteiger partial charge is 0.454 e. The zero-order valence-corrected chi connectivity index (χ0v) is 14.4. The zero-order valence-electron chi connectivity index (χ0n) is 12.8. The van der Waals surface area contributed by atoms with Gasteiger partial charge in [0, 0.05) is 12.6 Å². The molecular weight excluding hydrogens is 346 g/mol. The number of thiophene rings is 1. The Kier molecular flexibility index (Phi) is 3.99. The molecule has 8 heteroatoms. The van der Waals surface area contributed by atoms with Gasteiger partial charge in [0.15, 0.2) is 28.3 Å². The SMILES string of the molecule is Cn1c(SCC(=O)c2ccc3c(c2)OCO3)nnc1-c1cccs1. The number of carbonyl (C=O) groups excluding carboxylic acids is 1. The lowest BCUT2D eigenvalue weighted by Crippen LogP contribution is -2.04. The number of ether oxygens (including phenoxy) is 2. The fourth-order valence-corrected chi connectivity index (χ4v) is 3.89. The van der Waals surface area contributed by atoms with Crippen LogP contribution in [0, 0.1) is 0 Å². The van der Waals surface area contributed by atoms with Gasteiger partial charge in [-0.15, -0.1) is 21.5 Å². The van der Waals surface area contributed by atoms with E-state index in [1.807, 2.05) is 29.1 Å². The highest BCUT2D eigenvalue weighted by Crippen LogP contribution is 2.33. The summed E-state index contributed by atoms with van der Waals surface area (Å²) >= 11 is 2.98. The summed E-state index contributed by atoms with van der Waals surface area (Å²) < 4.78 is 12.5. The Bertz CT molecular complexity index is 890. The molecule has 24 heavy (non-hydrogen) atoms. The third kappa shape index (κ3) is 2.78. The molecule has 0 saturated carbocycles. The van der Waals surface area contributed by atoms with Crippen LogP contribution in [0.3, 0.4) is 0 Å². The Labute approximate surface area is 146 Å². The number of benzene rings is 1. The maximum absolute atomic E-state index is 12.4. The van der Waals surface area contributed by atoms with Gasteiger partial charge in [-0.25, -0.2) is 0 Å². The summed E-state index contributed by atoms with van der Waals surface area (Å²) in [6, 6.07) is 9.21. The molecule has 0 radical (unpaired) electrons. The van der Waals surface area contributed by atoms with E-state index in [4.69, 9.17) is 9.47 Å². The first-order chi connectivity index (χ1) is 11.7. The Hall–Kier alpha value is -2.32. The van der Waals surface area contributed by atoms with Gasteiger partial charge in [-0.05, 0) is 29.6 Å². The first kappa shape index (κ1) is 15.2. The normalized spacial score (nSPS) is 12.5. The van der Waals surface area contributed by atoms with Crippen LogP contribution < -0.4 is 9.47 Å². The lowest BCUT2D eigenvalue weighted by Gasteiger charge is -2.03. The van der Waals surface area contributed by atoms with E-state index in [-0.39, 0.29) is 18.3 Å². The molecule has 0 spiro atoms. The molecule has 0 bridgehead atoms. The van der Waals surface area contributed by atoms with Crippen LogP contribution in [0.2, 0.25) is 0 Å². The van der Waals surface area contributed by atoms with Crippen LogP contribution in [0.15, 0.2) is 40.9 Å². The molecule has 1 aliphatic heterocycles. The molecule has 122 valence electrons. The highest BCUT2D eigenvalue weighted by molar-refractivity contribution is 7.99. The van der Waals surface area contributed by atoms with Gasteiger partial charge in [0.1, 0.15) is 0 Å². The van der Waals surface area contributed by atoms with Crippen molar-refractivity contribution in [3.63, 3.8) is 0 Å². The highest BCUT2D eigenvalue weighted by atomic mass is 32.2. The predicted molar refractivity (Wildman–Crippen MR) is 91.9 cm³/mol. The molecule has 1 aromatic carbocycles. The predicted octanol–water partition coefficient (Wildman–Crippen LogP) is 3.25. The molecular formula is C16H13N3O3S2. The summed E-state index contributed by atoms with van der Waals surface area (Å²) in [5, 5.41) is 11.1.